The number of hydrogen-bond acceptors (Lipinski definition) is 2. The molecule has 24 heavy (non-hydrogen) atoms. The molecule has 128 valence electrons. The van der Waals surface area contributed by atoms with Crippen LogP contribution in [0.2, 0.25) is 0 Å². The molecular formula is C20H25NO2S. The zero-order chi connectivity index (χ0) is 17.7. The van der Waals surface area contributed by atoms with Crippen LogP contribution < -0.4 is 4.72 Å². The summed E-state index contributed by atoms with van der Waals surface area (Å²) < 4.78 is 15.4. The quantitative estimate of drug-likeness (QED) is 0.861. The molecule has 2 aromatic carbocycles. The van der Waals surface area contributed by atoms with E-state index in [1.807, 2.05) is 70.2 Å². The average molecular weight is 343 g/mol. The van der Waals surface area contributed by atoms with Crippen molar-refractivity contribution >= 4 is 16.9 Å². The highest BCUT2D eigenvalue weighted by Gasteiger charge is 2.21. The van der Waals surface area contributed by atoms with Crippen molar-refractivity contribution in [3.63, 3.8) is 0 Å². The molecule has 0 saturated carbocycles. The van der Waals surface area contributed by atoms with Gasteiger partial charge in [0.05, 0.1) is 4.90 Å². The van der Waals surface area contributed by atoms with Crippen molar-refractivity contribution in [1.29, 1.82) is 0 Å². The Hall–Kier alpha value is -1.94. The van der Waals surface area contributed by atoms with Gasteiger partial charge in [0.25, 0.3) is 0 Å². The maximum absolute atomic E-state index is 12.7. The molecule has 0 bridgehead atoms. The number of carbonyl (C=O) groups excluding carboxylic acids is 1. The number of amides is 1. The van der Waals surface area contributed by atoms with E-state index in [0.29, 0.717) is 17.7 Å². The van der Waals surface area contributed by atoms with Crippen molar-refractivity contribution < 1.29 is 9.00 Å². The third kappa shape index (κ3) is 4.54. The normalized spacial score (nSPS) is 13.3. The largest absolute Gasteiger partial charge is 0.274 e. The van der Waals surface area contributed by atoms with Gasteiger partial charge in [0.15, 0.2) is 11.0 Å². The summed E-state index contributed by atoms with van der Waals surface area (Å²) in [6.45, 7) is 7.86. The molecule has 0 radical (unpaired) electrons. The van der Waals surface area contributed by atoms with Gasteiger partial charge < -0.3 is 0 Å². The lowest BCUT2D eigenvalue weighted by Gasteiger charge is -2.16. The Balaban J connectivity index is 2.11. The van der Waals surface area contributed by atoms with Gasteiger partial charge in [-0.05, 0) is 50.3 Å². The van der Waals surface area contributed by atoms with Crippen LogP contribution in [0.4, 0.5) is 0 Å². The van der Waals surface area contributed by atoms with Crippen molar-refractivity contribution in [2.24, 2.45) is 5.92 Å². The van der Waals surface area contributed by atoms with Gasteiger partial charge in [0.1, 0.15) is 0 Å². The van der Waals surface area contributed by atoms with Crippen LogP contribution in [0.1, 0.15) is 35.6 Å². The monoisotopic (exact) mass is 343 g/mol. The third-order valence-corrected chi connectivity index (χ3v) is 5.57. The molecule has 1 amide bonds. The molecule has 0 spiro atoms. The summed E-state index contributed by atoms with van der Waals surface area (Å²) in [4.78, 5) is 13.3. The number of aryl methyl sites for hydroxylation is 3. The third-order valence-electron chi connectivity index (χ3n) is 4.17. The van der Waals surface area contributed by atoms with Gasteiger partial charge >= 0.3 is 0 Å². The number of nitrogens with one attached hydrogen (secondary N) is 1. The van der Waals surface area contributed by atoms with Crippen LogP contribution in [0.15, 0.2) is 47.4 Å². The second-order valence-corrected chi connectivity index (χ2v) is 7.41. The molecule has 2 unspecified atom stereocenters. The Labute approximate surface area is 147 Å². The second-order valence-electron chi connectivity index (χ2n) is 6.26. The van der Waals surface area contributed by atoms with Gasteiger partial charge in [-0.25, -0.2) is 4.21 Å². The topological polar surface area (TPSA) is 46.2 Å². The molecule has 0 saturated heterocycles. The Kier molecular flexibility index (Phi) is 6.32. The molecule has 0 fully saturated rings. The first kappa shape index (κ1) is 18.4. The molecule has 2 aromatic rings. The van der Waals surface area contributed by atoms with E-state index < -0.39 is 11.0 Å². The summed E-state index contributed by atoms with van der Waals surface area (Å²) in [5.74, 6) is -0.332. The summed E-state index contributed by atoms with van der Waals surface area (Å²) >= 11 is 0. The predicted octanol–water partition coefficient (Wildman–Crippen LogP) is 4.02. The Morgan fingerprint density at radius 2 is 1.67 bits per heavy atom. The van der Waals surface area contributed by atoms with Gasteiger partial charge in [-0.1, -0.05) is 55.0 Å². The first-order valence-corrected chi connectivity index (χ1v) is 9.41. The van der Waals surface area contributed by atoms with E-state index >= 15 is 0 Å². The number of carbonyl (C=O) groups is 1. The zero-order valence-corrected chi connectivity index (χ0v) is 15.6. The lowest BCUT2D eigenvalue weighted by molar-refractivity contribution is -0.123. The lowest BCUT2D eigenvalue weighted by atomic mass is 9.96. The molecule has 0 aliphatic heterocycles. The zero-order valence-electron chi connectivity index (χ0n) is 14.8. The lowest BCUT2D eigenvalue weighted by Crippen LogP contribution is -2.33. The minimum absolute atomic E-state index is 0.154. The van der Waals surface area contributed by atoms with Gasteiger partial charge in [0.2, 0.25) is 5.91 Å². The van der Waals surface area contributed by atoms with Crippen molar-refractivity contribution in [3.05, 3.63) is 64.7 Å². The van der Waals surface area contributed by atoms with Crippen LogP contribution in [0.3, 0.4) is 0 Å². The van der Waals surface area contributed by atoms with E-state index in [1.165, 1.54) is 0 Å². The summed E-state index contributed by atoms with van der Waals surface area (Å²) in [6, 6.07) is 13.9. The van der Waals surface area contributed by atoms with Crippen molar-refractivity contribution in [3.8, 4) is 0 Å². The van der Waals surface area contributed by atoms with Gasteiger partial charge in [-0.3, -0.25) is 9.52 Å². The Morgan fingerprint density at radius 1 is 1.08 bits per heavy atom. The smallest absolute Gasteiger partial charge is 0.235 e. The average Bonchev–Trinajstić information content (AvgIpc) is 2.52. The van der Waals surface area contributed by atoms with Crippen molar-refractivity contribution in [2.45, 2.75) is 45.4 Å². The van der Waals surface area contributed by atoms with Crippen LogP contribution in [0, 0.1) is 26.7 Å². The van der Waals surface area contributed by atoms with Crippen molar-refractivity contribution in [1.82, 2.24) is 4.72 Å². The SMILES string of the molecule is CCC(Cc1ccccc1)C(=O)NS(=O)c1c(C)cc(C)cc1C. The molecule has 4 heteroatoms. The molecule has 1 N–H and O–H groups in total. The predicted molar refractivity (Wildman–Crippen MR) is 99.1 cm³/mol. The number of benzene rings is 2. The highest BCUT2D eigenvalue weighted by Crippen LogP contribution is 2.20. The first-order chi connectivity index (χ1) is 11.4. The summed E-state index contributed by atoms with van der Waals surface area (Å²) in [7, 11) is -1.52. The van der Waals surface area contributed by atoms with Crippen LogP contribution in [-0.4, -0.2) is 10.1 Å². The van der Waals surface area contributed by atoms with Crippen LogP contribution >= 0.6 is 0 Å². The van der Waals surface area contributed by atoms with E-state index in [-0.39, 0.29) is 11.8 Å². The fraction of sp³-hybridized carbons (Fsp3) is 0.350. The van der Waals surface area contributed by atoms with Crippen LogP contribution in [0.25, 0.3) is 0 Å². The van der Waals surface area contributed by atoms with Crippen LogP contribution in [-0.2, 0) is 22.2 Å². The van der Waals surface area contributed by atoms with Crippen molar-refractivity contribution in [2.75, 3.05) is 0 Å². The molecule has 0 aromatic heterocycles. The van der Waals surface area contributed by atoms with Gasteiger partial charge in [0, 0.05) is 5.92 Å². The number of hydrogen-bond donors (Lipinski definition) is 1. The van der Waals surface area contributed by atoms with E-state index in [9.17, 15) is 9.00 Å². The minimum Gasteiger partial charge on any atom is -0.274 e. The summed E-state index contributed by atoms with van der Waals surface area (Å²) in [6.07, 6.45) is 1.37. The van der Waals surface area contributed by atoms with Crippen LogP contribution in [0.5, 0.6) is 0 Å². The number of rotatable bonds is 6. The fourth-order valence-electron chi connectivity index (χ4n) is 3.01. The van der Waals surface area contributed by atoms with E-state index in [0.717, 1.165) is 22.3 Å². The van der Waals surface area contributed by atoms with Gasteiger partial charge in [-0.2, -0.15) is 0 Å². The van der Waals surface area contributed by atoms with E-state index in [1.54, 1.807) is 0 Å². The molecule has 0 heterocycles. The highest BCUT2D eigenvalue weighted by molar-refractivity contribution is 7.83. The molecular weight excluding hydrogens is 318 g/mol. The fourth-order valence-corrected chi connectivity index (χ4v) is 4.16. The maximum atomic E-state index is 12.7. The molecule has 0 aliphatic rings. The standard InChI is InChI=1S/C20H25NO2S/c1-5-18(13-17-9-7-6-8-10-17)20(22)21-24(23)19-15(3)11-14(2)12-16(19)4/h6-12,18H,5,13H2,1-4H3,(H,21,22). The van der Waals surface area contributed by atoms with Gasteiger partial charge in [-0.15, -0.1) is 0 Å². The Morgan fingerprint density at radius 3 is 2.21 bits per heavy atom. The molecule has 2 atom stereocenters. The summed E-state index contributed by atoms with van der Waals surface area (Å²) in [5, 5.41) is 0. The molecule has 3 nitrogen and oxygen atoms in total. The highest BCUT2D eigenvalue weighted by atomic mass is 32.2. The summed E-state index contributed by atoms with van der Waals surface area (Å²) in [5.41, 5.74) is 4.14. The minimum atomic E-state index is -1.52. The molecule has 0 aliphatic carbocycles. The van der Waals surface area contributed by atoms with E-state index in [4.69, 9.17) is 0 Å². The van der Waals surface area contributed by atoms with E-state index in [2.05, 4.69) is 4.72 Å². The Bertz CT molecular complexity index is 718. The maximum Gasteiger partial charge on any atom is 0.235 e. The second kappa shape index (κ2) is 8.25. The first-order valence-electron chi connectivity index (χ1n) is 8.26. The molecule has 2 rings (SSSR count).